The van der Waals surface area contributed by atoms with Gasteiger partial charge in [0.15, 0.2) is 0 Å². The number of hydrogen-bond acceptors (Lipinski definition) is 3. The van der Waals surface area contributed by atoms with Gasteiger partial charge in [-0.2, -0.15) is 0 Å². The van der Waals surface area contributed by atoms with Gasteiger partial charge in [0, 0.05) is 12.1 Å². The Labute approximate surface area is 134 Å². The van der Waals surface area contributed by atoms with Gasteiger partial charge in [-0.3, -0.25) is 9.59 Å². The van der Waals surface area contributed by atoms with Gasteiger partial charge in [-0.05, 0) is 29.3 Å². The van der Waals surface area contributed by atoms with Crippen LogP contribution in [0.15, 0.2) is 48.5 Å². The van der Waals surface area contributed by atoms with Gasteiger partial charge >= 0.3 is 0 Å². The third kappa shape index (κ3) is 2.90. The highest BCUT2D eigenvalue weighted by Crippen LogP contribution is 2.33. The number of carbonyl (C=O) groups is 2. The predicted molar refractivity (Wildman–Crippen MR) is 85.9 cm³/mol. The molecule has 3 rings (SSSR count). The monoisotopic (exact) mass is 310 g/mol. The lowest BCUT2D eigenvalue weighted by atomic mass is 10.0. The van der Waals surface area contributed by atoms with Crippen molar-refractivity contribution in [2.45, 2.75) is 19.0 Å². The summed E-state index contributed by atoms with van der Waals surface area (Å²) in [5.74, 6) is 0.222. The van der Waals surface area contributed by atoms with Gasteiger partial charge in [0.2, 0.25) is 5.91 Å². The molecule has 23 heavy (non-hydrogen) atoms. The second-order valence-corrected chi connectivity index (χ2v) is 5.55. The summed E-state index contributed by atoms with van der Waals surface area (Å²) in [6.45, 7) is 0.485. The summed E-state index contributed by atoms with van der Waals surface area (Å²) in [5, 5.41) is 0. The zero-order chi connectivity index (χ0) is 16.4. The van der Waals surface area contributed by atoms with Gasteiger partial charge in [-0.15, -0.1) is 0 Å². The summed E-state index contributed by atoms with van der Waals surface area (Å²) in [6, 6.07) is 14.5. The molecule has 0 saturated heterocycles. The van der Waals surface area contributed by atoms with Gasteiger partial charge in [0.25, 0.3) is 5.91 Å². The quantitative estimate of drug-likeness (QED) is 0.920. The Morgan fingerprint density at radius 3 is 2.52 bits per heavy atom. The molecular weight excluding hydrogens is 292 g/mol. The lowest BCUT2D eigenvalue weighted by molar-refractivity contribution is -0.119. The van der Waals surface area contributed by atoms with Crippen LogP contribution in [0, 0.1) is 0 Å². The van der Waals surface area contributed by atoms with Crippen molar-refractivity contribution in [1.29, 1.82) is 0 Å². The molecule has 1 aliphatic rings. The molecule has 1 atom stereocenters. The van der Waals surface area contributed by atoms with E-state index in [0.29, 0.717) is 12.1 Å². The highest BCUT2D eigenvalue weighted by atomic mass is 16.5. The third-order valence-electron chi connectivity index (χ3n) is 4.12. The molecule has 1 heterocycles. The smallest absolute Gasteiger partial charge is 0.255 e. The Morgan fingerprint density at radius 1 is 1.22 bits per heavy atom. The van der Waals surface area contributed by atoms with E-state index in [1.807, 2.05) is 48.5 Å². The predicted octanol–water partition coefficient (Wildman–Crippen LogP) is 2.27. The molecule has 0 spiro atoms. The minimum absolute atomic E-state index is 0.0670. The van der Waals surface area contributed by atoms with E-state index in [9.17, 15) is 9.59 Å². The number of hydrogen-bond donors (Lipinski definition) is 1. The first kappa shape index (κ1) is 15.1. The summed E-state index contributed by atoms with van der Waals surface area (Å²) in [4.78, 5) is 25.9. The van der Waals surface area contributed by atoms with Crippen molar-refractivity contribution in [2.75, 3.05) is 7.11 Å². The normalized spacial score (nSPS) is 14.5. The van der Waals surface area contributed by atoms with Crippen molar-refractivity contribution < 1.29 is 14.3 Å². The molecule has 2 aromatic carbocycles. The molecule has 0 saturated carbocycles. The summed E-state index contributed by atoms with van der Waals surface area (Å²) >= 11 is 0. The second-order valence-electron chi connectivity index (χ2n) is 5.55. The van der Waals surface area contributed by atoms with Gasteiger partial charge in [-0.25, -0.2) is 0 Å². The maximum Gasteiger partial charge on any atom is 0.255 e. The maximum absolute atomic E-state index is 12.7. The molecule has 0 radical (unpaired) electrons. The summed E-state index contributed by atoms with van der Waals surface area (Å²) in [7, 11) is 1.59. The molecule has 2 N–H and O–H groups in total. The first-order valence-corrected chi connectivity index (χ1v) is 7.41. The fraction of sp³-hybridized carbons (Fsp3) is 0.222. The molecule has 0 aromatic heterocycles. The first-order valence-electron chi connectivity index (χ1n) is 7.41. The number of amides is 2. The lowest BCUT2D eigenvalue weighted by Gasteiger charge is -2.27. The summed E-state index contributed by atoms with van der Waals surface area (Å²) < 4.78 is 5.16. The van der Waals surface area contributed by atoms with E-state index >= 15 is 0 Å². The van der Waals surface area contributed by atoms with Crippen LogP contribution in [0.3, 0.4) is 0 Å². The average Bonchev–Trinajstić information content (AvgIpc) is 2.90. The zero-order valence-electron chi connectivity index (χ0n) is 12.9. The molecule has 1 unspecified atom stereocenters. The highest BCUT2D eigenvalue weighted by Gasteiger charge is 2.33. The Balaban J connectivity index is 1.94. The minimum atomic E-state index is -0.436. The van der Waals surface area contributed by atoms with E-state index in [4.69, 9.17) is 10.5 Å². The average molecular weight is 310 g/mol. The molecule has 1 aliphatic heterocycles. The SMILES string of the molecule is COc1ccc(C(CC(N)=O)N2Cc3ccccc3C2=O)cc1. The molecule has 0 fully saturated rings. The summed E-state index contributed by atoms with van der Waals surface area (Å²) in [6.07, 6.45) is 0.0893. The van der Waals surface area contributed by atoms with Gasteiger partial charge < -0.3 is 15.4 Å². The van der Waals surface area contributed by atoms with Crippen LogP contribution in [0.25, 0.3) is 0 Å². The van der Waals surface area contributed by atoms with E-state index in [-0.39, 0.29) is 18.4 Å². The number of carbonyl (C=O) groups excluding carboxylic acids is 2. The van der Waals surface area contributed by atoms with Crippen molar-refractivity contribution in [2.24, 2.45) is 5.73 Å². The Bertz CT molecular complexity index is 740. The molecular formula is C18H18N2O3. The van der Waals surface area contributed by atoms with Crippen LogP contribution in [0.2, 0.25) is 0 Å². The molecule has 5 nitrogen and oxygen atoms in total. The number of methoxy groups -OCH3 is 1. The number of fused-ring (bicyclic) bond motifs is 1. The van der Waals surface area contributed by atoms with Crippen LogP contribution in [0.5, 0.6) is 5.75 Å². The Morgan fingerprint density at radius 2 is 1.91 bits per heavy atom. The van der Waals surface area contributed by atoms with Crippen LogP contribution < -0.4 is 10.5 Å². The Hall–Kier alpha value is -2.82. The van der Waals surface area contributed by atoms with Crippen LogP contribution in [-0.2, 0) is 11.3 Å². The molecule has 118 valence electrons. The minimum Gasteiger partial charge on any atom is -0.497 e. The van der Waals surface area contributed by atoms with Crippen LogP contribution in [-0.4, -0.2) is 23.8 Å². The fourth-order valence-electron chi connectivity index (χ4n) is 2.95. The van der Waals surface area contributed by atoms with Gasteiger partial charge in [0.05, 0.1) is 19.6 Å². The standard InChI is InChI=1S/C18H18N2O3/c1-23-14-8-6-12(7-9-14)16(10-17(19)21)20-11-13-4-2-3-5-15(13)18(20)22/h2-9,16H,10-11H2,1H3,(H2,19,21). The van der Waals surface area contributed by atoms with Crippen molar-refractivity contribution >= 4 is 11.8 Å². The highest BCUT2D eigenvalue weighted by molar-refractivity contribution is 5.98. The van der Waals surface area contributed by atoms with Crippen LogP contribution in [0.4, 0.5) is 0 Å². The van der Waals surface area contributed by atoms with Crippen molar-refractivity contribution in [3.8, 4) is 5.75 Å². The van der Waals surface area contributed by atoms with E-state index in [1.165, 1.54) is 0 Å². The zero-order valence-corrected chi connectivity index (χ0v) is 12.9. The van der Waals surface area contributed by atoms with E-state index in [0.717, 1.165) is 16.9 Å². The number of ether oxygens (including phenoxy) is 1. The number of benzene rings is 2. The lowest BCUT2D eigenvalue weighted by Crippen LogP contribution is -2.32. The first-order chi connectivity index (χ1) is 11.1. The van der Waals surface area contributed by atoms with Gasteiger partial charge in [-0.1, -0.05) is 30.3 Å². The van der Waals surface area contributed by atoms with E-state index in [2.05, 4.69) is 0 Å². The van der Waals surface area contributed by atoms with Crippen molar-refractivity contribution in [3.05, 3.63) is 65.2 Å². The molecule has 5 heteroatoms. The molecule has 0 aliphatic carbocycles. The second kappa shape index (κ2) is 6.12. The number of primary amides is 1. The molecule has 2 aromatic rings. The fourth-order valence-corrected chi connectivity index (χ4v) is 2.95. The molecule has 2 amide bonds. The van der Waals surface area contributed by atoms with E-state index < -0.39 is 5.91 Å². The Kier molecular flexibility index (Phi) is 4.02. The van der Waals surface area contributed by atoms with Crippen LogP contribution >= 0.6 is 0 Å². The van der Waals surface area contributed by atoms with Gasteiger partial charge in [0.1, 0.15) is 5.75 Å². The maximum atomic E-state index is 12.7. The molecule has 0 bridgehead atoms. The third-order valence-corrected chi connectivity index (χ3v) is 4.12. The number of rotatable bonds is 5. The number of nitrogens with zero attached hydrogens (tertiary/aromatic N) is 1. The van der Waals surface area contributed by atoms with E-state index in [1.54, 1.807) is 12.0 Å². The largest absolute Gasteiger partial charge is 0.497 e. The van der Waals surface area contributed by atoms with Crippen molar-refractivity contribution in [3.63, 3.8) is 0 Å². The van der Waals surface area contributed by atoms with Crippen molar-refractivity contribution in [1.82, 2.24) is 4.90 Å². The number of nitrogens with two attached hydrogens (primary N) is 1. The van der Waals surface area contributed by atoms with Crippen LogP contribution in [0.1, 0.15) is 33.9 Å². The summed E-state index contributed by atoms with van der Waals surface area (Å²) in [5.41, 5.74) is 7.93. The topological polar surface area (TPSA) is 72.6 Å².